The van der Waals surface area contributed by atoms with Crippen molar-refractivity contribution in [3.63, 3.8) is 0 Å². The first-order valence-electron chi connectivity index (χ1n) is 6.80. The van der Waals surface area contributed by atoms with E-state index >= 15 is 0 Å². The Hall–Kier alpha value is -2.03. The van der Waals surface area contributed by atoms with Crippen molar-refractivity contribution in [1.82, 2.24) is 5.32 Å². The van der Waals surface area contributed by atoms with Gasteiger partial charge in [-0.05, 0) is 17.7 Å². The first kappa shape index (κ1) is 15.4. The Morgan fingerprint density at radius 3 is 2.10 bits per heavy atom. The van der Waals surface area contributed by atoms with Gasteiger partial charge in [0.2, 0.25) is 0 Å². The highest BCUT2D eigenvalue weighted by Gasteiger charge is 2.03. The lowest BCUT2D eigenvalue weighted by Crippen LogP contribution is -2.11. The van der Waals surface area contributed by atoms with Gasteiger partial charge in [-0.25, -0.2) is 0 Å². The number of halogens is 1. The average molecular weight is 300 g/mol. The maximum Gasteiger partial charge on any atom is 0.134 e. The minimum Gasteiger partial charge on any atom is -0.460 e. The molecule has 21 heavy (non-hydrogen) atoms. The molecule has 0 spiro atoms. The summed E-state index contributed by atoms with van der Waals surface area (Å²) in [5, 5.41) is 3.39. The molecule has 0 radical (unpaired) electrons. The fraction of sp³-hybridized carbons (Fsp3) is 0.111. The number of benzene rings is 2. The molecule has 1 aromatic heterocycles. The van der Waals surface area contributed by atoms with E-state index in [9.17, 15) is 0 Å². The Bertz CT molecular complexity index is 649. The monoisotopic (exact) mass is 299 g/mol. The van der Waals surface area contributed by atoms with Crippen LogP contribution in [0.5, 0.6) is 0 Å². The number of rotatable bonds is 5. The van der Waals surface area contributed by atoms with E-state index in [0.29, 0.717) is 0 Å². The SMILES string of the molecule is Cl.c1ccc(CNCc2ccc(-c3ccccc3)o2)cc1. The molecule has 0 atom stereocenters. The normalized spacial score (nSPS) is 10.1. The summed E-state index contributed by atoms with van der Waals surface area (Å²) in [6.07, 6.45) is 0. The van der Waals surface area contributed by atoms with Gasteiger partial charge in [0, 0.05) is 12.1 Å². The lowest BCUT2D eigenvalue weighted by molar-refractivity contribution is 0.493. The molecule has 0 unspecified atom stereocenters. The molecular weight excluding hydrogens is 282 g/mol. The second-order valence-electron chi connectivity index (χ2n) is 4.72. The average Bonchev–Trinajstić information content (AvgIpc) is 2.98. The highest BCUT2D eigenvalue weighted by atomic mass is 35.5. The fourth-order valence-electron chi connectivity index (χ4n) is 2.16. The van der Waals surface area contributed by atoms with Crippen LogP contribution in [0.25, 0.3) is 11.3 Å². The molecule has 0 aliphatic rings. The van der Waals surface area contributed by atoms with Crippen LogP contribution in [0.3, 0.4) is 0 Å². The highest BCUT2D eigenvalue weighted by molar-refractivity contribution is 5.85. The van der Waals surface area contributed by atoms with E-state index < -0.39 is 0 Å². The molecule has 0 fully saturated rings. The maximum absolute atomic E-state index is 5.85. The van der Waals surface area contributed by atoms with E-state index in [2.05, 4.69) is 41.7 Å². The van der Waals surface area contributed by atoms with Crippen molar-refractivity contribution in [2.75, 3.05) is 0 Å². The van der Waals surface area contributed by atoms with Crippen molar-refractivity contribution in [3.8, 4) is 11.3 Å². The van der Waals surface area contributed by atoms with Crippen molar-refractivity contribution in [3.05, 3.63) is 84.1 Å². The predicted molar refractivity (Wildman–Crippen MR) is 88.4 cm³/mol. The van der Waals surface area contributed by atoms with Crippen LogP contribution in [0.4, 0.5) is 0 Å². The van der Waals surface area contributed by atoms with Crippen LogP contribution in [0.2, 0.25) is 0 Å². The zero-order chi connectivity index (χ0) is 13.6. The molecule has 2 aromatic carbocycles. The van der Waals surface area contributed by atoms with Crippen molar-refractivity contribution < 1.29 is 4.42 Å². The summed E-state index contributed by atoms with van der Waals surface area (Å²) in [6.45, 7) is 1.59. The molecule has 0 saturated carbocycles. The molecule has 0 aliphatic carbocycles. The third kappa shape index (κ3) is 4.22. The van der Waals surface area contributed by atoms with Gasteiger partial charge in [0.15, 0.2) is 0 Å². The predicted octanol–water partition coefficient (Wildman–Crippen LogP) is 4.66. The summed E-state index contributed by atoms with van der Waals surface area (Å²) in [7, 11) is 0. The van der Waals surface area contributed by atoms with Gasteiger partial charge in [-0.15, -0.1) is 12.4 Å². The summed E-state index contributed by atoms with van der Waals surface area (Å²) < 4.78 is 5.85. The fourth-order valence-corrected chi connectivity index (χ4v) is 2.16. The lowest BCUT2D eigenvalue weighted by atomic mass is 10.2. The summed E-state index contributed by atoms with van der Waals surface area (Å²) >= 11 is 0. The molecular formula is C18H18ClNO. The molecule has 108 valence electrons. The molecule has 3 heteroatoms. The number of hydrogen-bond acceptors (Lipinski definition) is 2. The molecule has 0 amide bonds. The van der Waals surface area contributed by atoms with Crippen LogP contribution in [0.15, 0.2) is 77.2 Å². The van der Waals surface area contributed by atoms with Crippen LogP contribution < -0.4 is 5.32 Å². The lowest BCUT2D eigenvalue weighted by Gasteiger charge is -2.02. The van der Waals surface area contributed by atoms with Crippen LogP contribution in [-0.2, 0) is 13.1 Å². The molecule has 3 rings (SSSR count). The third-order valence-electron chi connectivity index (χ3n) is 3.19. The Kier molecular flexibility index (Phi) is 5.61. The van der Waals surface area contributed by atoms with Crippen molar-refractivity contribution >= 4 is 12.4 Å². The summed E-state index contributed by atoms with van der Waals surface area (Å²) in [5.74, 6) is 1.88. The molecule has 0 aliphatic heterocycles. The van der Waals surface area contributed by atoms with Gasteiger partial charge in [-0.1, -0.05) is 60.7 Å². The Balaban J connectivity index is 0.00000161. The van der Waals surface area contributed by atoms with E-state index in [1.165, 1.54) is 5.56 Å². The third-order valence-corrected chi connectivity index (χ3v) is 3.19. The standard InChI is InChI=1S/C18H17NO.ClH/c1-3-7-15(8-4-1)13-19-14-17-11-12-18(20-17)16-9-5-2-6-10-16;/h1-12,19H,13-14H2;1H. The van der Waals surface area contributed by atoms with Crippen LogP contribution in [0, 0.1) is 0 Å². The smallest absolute Gasteiger partial charge is 0.134 e. The van der Waals surface area contributed by atoms with E-state index in [0.717, 1.165) is 30.2 Å². The summed E-state index contributed by atoms with van der Waals surface area (Å²) in [5.41, 5.74) is 2.39. The molecule has 3 aromatic rings. The van der Waals surface area contributed by atoms with E-state index in [1.54, 1.807) is 0 Å². The first-order valence-corrected chi connectivity index (χ1v) is 6.80. The molecule has 2 nitrogen and oxygen atoms in total. The largest absolute Gasteiger partial charge is 0.460 e. The Morgan fingerprint density at radius 2 is 1.38 bits per heavy atom. The van der Waals surface area contributed by atoms with Gasteiger partial charge >= 0.3 is 0 Å². The second-order valence-corrected chi connectivity index (χ2v) is 4.72. The van der Waals surface area contributed by atoms with E-state index in [-0.39, 0.29) is 12.4 Å². The number of nitrogens with one attached hydrogen (secondary N) is 1. The molecule has 0 bridgehead atoms. The van der Waals surface area contributed by atoms with E-state index in [4.69, 9.17) is 4.42 Å². The summed E-state index contributed by atoms with van der Waals surface area (Å²) in [4.78, 5) is 0. The zero-order valence-corrected chi connectivity index (χ0v) is 12.5. The van der Waals surface area contributed by atoms with Crippen LogP contribution >= 0.6 is 12.4 Å². The van der Waals surface area contributed by atoms with Gasteiger partial charge in [0.1, 0.15) is 11.5 Å². The topological polar surface area (TPSA) is 25.2 Å². The minimum absolute atomic E-state index is 0. The zero-order valence-electron chi connectivity index (χ0n) is 11.7. The van der Waals surface area contributed by atoms with Crippen molar-refractivity contribution in [2.45, 2.75) is 13.1 Å². The van der Waals surface area contributed by atoms with Crippen molar-refractivity contribution in [1.29, 1.82) is 0 Å². The Labute approximate surface area is 131 Å². The van der Waals surface area contributed by atoms with Crippen LogP contribution in [0.1, 0.15) is 11.3 Å². The first-order chi connectivity index (χ1) is 9.92. The molecule has 0 saturated heterocycles. The maximum atomic E-state index is 5.85. The molecule has 1 heterocycles. The van der Waals surface area contributed by atoms with Gasteiger partial charge in [-0.3, -0.25) is 0 Å². The molecule has 1 N–H and O–H groups in total. The van der Waals surface area contributed by atoms with E-state index in [1.807, 2.05) is 36.4 Å². The van der Waals surface area contributed by atoms with Gasteiger partial charge < -0.3 is 9.73 Å². The van der Waals surface area contributed by atoms with Gasteiger partial charge in [0.25, 0.3) is 0 Å². The summed E-state index contributed by atoms with van der Waals surface area (Å²) in [6, 6.07) is 24.6. The quantitative estimate of drug-likeness (QED) is 0.741. The van der Waals surface area contributed by atoms with Crippen molar-refractivity contribution in [2.24, 2.45) is 0 Å². The highest BCUT2D eigenvalue weighted by Crippen LogP contribution is 2.21. The van der Waals surface area contributed by atoms with Gasteiger partial charge in [0.05, 0.1) is 6.54 Å². The van der Waals surface area contributed by atoms with Gasteiger partial charge in [-0.2, -0.15) is 0 Å². The minimum atomic E-state index is 0. The second kappa shape index (κ2) is 7.67. The van der Waals surface area contributed by atoms with Crippen LogP contribution in [-0.4, -0.2) is 0 Å². The number of hydrogen-bond donors (Lipinski definition) is 1. The number of furan rings is 1. The Morgan fingerprint density at radius 1 is 0.714 bits per heavy atom.